The molecule has 0 spiro atoms. The molecule has 0 saturated heterocycles. The highest BCUT2D eigenvalue weighted by atomic mass is 79.9. The van der Waals surface area contributed by atoms with Gasteiger partial charge in [-0.1, -0.05) is 15.9 Å². The van der Waals surface area contributed by atoms with E-state index in [1.165, 1.54) is 29.6 Å². The molecule has 9 heteroatoms. The van der Waals surface area contributed by atoms with Crippen molar-refractivity contribution in [2.45, 2.75) is 6.54 Å². The normalized spacial score (nSPS) is 11.0. The summed E-state index contributed by atoms with van der Waals surface area (Å²) < 4.78 is 4.61. The van der Waals surface area contributed by atoms with Crippen LogP contribution in [-0.2, 0) is 25.4 Å². The number of fused-ring (bicyclic) bond motifs is 1. The summed E-state index contributed by atoms with van der Waals surface area (Å²) in [6.45, 7) is -0.0833. The Morgan fingerprint density at radius 2 is 1.83 bits per heavy atom. The SMILES string of the molecule is Cn1c(=O)c2c(ncn2CC(=O)Nc2ccc(Br)cc2)n(C)c1=O. The number of hydrogen-bond donors (Lipinski definition) is 1. The van der Waals surface area contributed by atoms with Gasteiger partial charge in [0.15, 0.2) is 11.2 Å². The molecule has 0 aliphatic rings. The van der Waals surface area contributed by atoms with Gasteiger partial charge in [-0.3, -0.25) is 18.7 Å². The second-order valence-electron chi connectivity index (χ2n) is 5.31. The third-order valence-electron chi connectivity index (χ3n) is 3.66. The summed E-state index contributed by atoms with van der Waals surface area (Å²) in [5.41, 5.74) is 0.164. The third-order valence-corrected chi connectivity index (χ3v) is 4.19. The monoisotopic (exact) mass is 391 g/mol. The molecule has 0 saturated carbocycles. The van der Waals surface area contributed by atoms with E-state index in [2.05, 4.69) is 26.2 Å². The van der Waals surface area contributed by atoms with E-state index in [4.69, 9.17) is 0 Å². The molecule has 1 aromatic carbocycles. The first-order valence-electron chi connectivity index (χ1n) is 7.04. The van der Waals surface area contributed by atoms with Gasteiger partial charge in [0, 0.05) is 24.3 Å². The zero-order valence-electron chi connectivity index (χ0n) is 13.0. The van der Waals surface area contributed by atoms with Crippen LogP contribution in [0.5, 0.6) is 0 Å². The minimum atomic E-state index is -0.484. The number of anilines is 1. The average molecular weight is 392 g/mol. The fraction of sp³-hybridized carbons (Fsp3) is 0.200. The Bertz CT molecular complexity index is 1050. The van der Waals surface area contributed by atoms with E-state index in [0.717, 1.165) is 9.04 Å². The van der Waals surface area contributed by atoms with Crippen LogP contribution in [0.4, 0.5) is 5.69 Å². The standard InChI is InChI=1S/C15H14BrN5O3/c1-19-13-12(14(23)20(2)15(19)24)21(8-17-13)7-11(22)18-10-5-3-9(16)4-6-10/h3-6,8H,7H2,1-2H3,(H,18,22). The van der Waals surface area contributed by atoms with Gasteiger partial charge in [-0.25, -0.2) is 9.78 Å². The molecule has 3 rings (SSSR count). The lowest BCUT2D eigenvalue weighted by Gasteiger charge is -2.08. The fourth-order valence-electron chi connectivity index (χ4n) is 2.41. The van der Waals surface area contributed by atoms with Gasteiger partial charge in [-0.05, 0) is 24.3 Å². The predicted molar refractivity (Wildman–Crippen MR) is 93.0 cm³/mol. The van der Waals surface area contributed by atoms with Crippen molar-refractivity contribution in [2.24, 2.45) is 14.1 Å². The van der Waals surface area contributed by atoms with Crippen molar-refractivity contribution in [3.05, 3.63) is 55.9 Å². The maximum absolute atomic E-state index is 12.3. The number of carbonyl (C=O) groups excluding carboxylic acids is 1. The average Bonchev–Trinajstić information content (AvgIpc) is 2.96. The van der Waals surface area contributed by atoms with Crippen molar-refractivity contribution in [3.8, 4) is 0 Å². The second kappa shape index (κ2) is 6.08. The lowest BCUT2D eigenvalue weighted by Crippen LogP contribution is -2.37. The summed E-state index contributed by atoms with van der Waals surface area (Å²) in [4.78, 5) is 40.5. The maximum Gasteiger partial charge on any atom is 0.332 e. The van der Waals surface area contributed by atoms with E-state index in [1.807, 2.05) is 12.1 Å². The Labute approximate surface area is 144 Å². The highest BCUT2D eigenvalue weighted by molar-refractivity contribution is 9.10. The van der Waals surface area contributed by atoms with E-state index >= 15 is 0 Å². The summed E-state index contributed by atoms with van der Waals surface area (Å²) >= 11 is 3.32. The van der Waals surface area contributed by atoms with Crippen LogP contribution in [0, 0.1) is 0 Å². The number of nitrogens with one attached hydrogen (secondary N) is 1. The minimum Gasteiger partial charge on any atom is -0.325 e. The van der Waals surface area contributed by atoms with E-state index in [0.29, 0.717) is 5.69 Å². The van der Waals surface area contributed by atoms with Crippen molar-refractivity contribution in [3.63, 3.8) is 0 Å². The molecule has 0 aliphatic carbocycles. The molecule has 1 amide bonds. The summed E-state index contributed by atoms with van der Waals surface area (Å²) in [6.07, 6.45) is 1.38. The molecule has 24 heavy (non-hydrogen) atoms. The van der Waals surface area contributed by atoms with Crippen molar-refractivity contribution in [2.75, 3.05) is 5.32 Å². The van der Waals surface area contributed by atoms with Gasteiger partial charge in [0.1, 0.15) is 6.54 Å². The summed E-state index contributed by atoms with van der Waals surface area (Å²) in [6, 6.07) is 7.15. The largest absolute Gasteiger partial charge is 0.332 e. The zero-order valence-corrected chi connectivity index (χ0v) is 14.6. The number of carbonyl (C=O) groups is 1. The number of hydrogen-bond acceptors (Lipinski definition) is 4. The van der Waals surface area contributed by atoms with E-state index < -0.39 is 11.2 Å². The minimum absolute atomic E-state index is 0.0833. The van der Waals surface area contributed by atoms with Crippen LogP contribution in [0.2, 0.25) is 0 Å². The Morgan fingerprint density at radius 1 is 1.17 bits per heavy atom. The molecule has 1 N–H and O–H groups in total. The van der Waals surface area contributed by atoms with Crippen LogP contribution < -0.4 is 16.6 Å². The van der Waals surface area contributed by atoms with Crippen molar-refractivity contribution in [1.29, 1.82) is 0 Å². The highest BCUT2D eigenvalue weighted by Crippen LogP contribution is 2.14. The smallest absolute Gasteiger partial charge is 0.325 e. The van der Waals surface area contributed by atoms with Gasteiger partial charge >= 0.3 is 5.69 Å². The fourth-order valence-corrected chi connectivity index (χ4v) is 2.67. The highest BCUT2D eigenvalue weighted by Gasteiger charge is 2.15. The topological polar surface area (TPSA) is 90.9 Å². The quantitative estimate of drug-likeness (QED) is 0.715. The molecule has 3 aromatic rings. The van der Waals surface area contributed by atoms with Crippen LogP contribution >= 0.6 is 15.9 Å². The molecule has 0 radical (unpaired) electrons. The predicted octanol–water partition coefficient (Wildman–Crippen LogP) is 0.835. The number of nitrogens with zero attached hydrogens (tertiary/aromatic N) is 4. The first-order valence-corrected chi connectivity index (χ1v) is 7.84. The van der Waals surface area contributed by atoms with Gasteiger partial charge in [0.05, 0.1) is 6.33 Å². The van der Waals surface area contributed by atoms with Gasteiger partial charge < -0.3 is 9.88 Å². The van der Waals surface area contributed by atoms with Crippen LogP contribution in [0.25, 0.3) is 11.2 Å². The van der Waals surface area contributed by atoms with Crippen LogP contribution in [0.1, 0.15) is 0 Å². The van der Waals surface area contributed by atoms with Crippen LogP contribution in [0.15, 0.2) is 44.7 Å². The summed E-state index contributed by atoms with van der Waals surface area (Å²) in [7, 11) is 2.92. The van der Waals surface area contributed by atoms with E-state index in [-0.39, 0.29) is 23.6 Å². The third kappa shape index (κ3) is 2.78. The van der Waals surface area contributed by atoms with Crippen LogP contribution in [0.3, 0.4) is 0 Å². The number of halogens is 1. The Hall–Kier alpha value is -2.68. The summed E-state index contributed by atoms with van der Waals surface area (Å²) in [5.74, 6) is -0.299. The Morgan fingerprint density at radius 3 is 2.50 bits per heavy atom. The Kier molecular flexibility index (Phi) is 4.10. The summed E-state index contributed by atoms with van der Waals surface area (Å²) in [5, 5.41) is 2.75. The molecule has 124 valence electrons. The molecule has 0 bridgehead atoms. The van der Waals surface area contributed by atoms with Gasteiger partial charge in [0.25, 0.3) is 5.56 Å². The number of aryl methyl sites for hydroxylation is 1. The second-order valence-corrected chi connectivity index (χ2v) is 6.22. The zero-order chi connectivity index (χ0) is 17.4. The molecule has 2 heterocycles. The molecule has 0 unspecified atom stereocenters. The molecule has 2 aromatic heterocycles. The van der Waals surface area contributed by atoms with Gasteiger partial charge in [0.2, 0.25) is 5.91 Å². The number of amides is 1. The first-order chi connectivity index (χ1) is 11.4. The number of imidazole rings is 1. The van der Waals surface area contributed by atoms with Gasteiger partial charge in [-0.2, -0.15) is 0 Å². The Balaban J connectivity index is 1.93. The van der Waals surface area contributed by atoms with Crippen LogP contribution in [-0.4, -0.2) is 24.6 Å². The van der Waals surface area contributed by atoms with E-state index in [9.17, 15) is 14.4 Å². The molecule has 0 aliphatic heterocycles. The maximum atomic E-state index is 12.3. The number of rotatable bonds is 3. The van der Waals surface area contributed by atoms with Crippen molar-refractivity contribution < 1.29 is 4.79 Å². The molecular weight excluding hydrogens is 378 g/mol. The first kappa shape index (κ1) is 16.2. The number of benzene rings is 1. The van der Waals surface area contributed by atoms with Crippen molar-refractivity contribution >= 4 is 38.7 Å². The van der Waals surface area contributed by atoms with E-state index in [1.54, 1.807) is 12.1 Å². The molecule has 0 fully saturated rings. The van der Waals surface area contributed by atoms with Gasteiger partial charge in [-0.15, -0.1) is 0 Å². The molecular formula is C15H14BrN5O3. The molecule has 8 nitrogen and oxygen atoms in total. The van der Waals surface area contributed by atoms with Crippen molar-refractivity contribution in [1.82, 2.24) is 18.7 Å². The molecule has 0 atom stereocenters. The lowest BCUT2D eigenvalue weighted by atomic mass is 10.3. The lowest BCUT2D eigenvalue weighted by molar-refractivity contribution is -0.116. The number of aromatic nitrogens is 4.